The molecule has 16 heteroatoms. The van der Waals surface area contributed by atoms with Gasteiger partial charge in [-0.05, 0) is 106 Å². The van der Waals surface area contributed by atoms with Gasteiger partial charge in [-0.15, -0.1) is 0 Å². The largest absolute Gasteiger partial charge is 0.394 e. The predicted octanol–water partition coefficient (Wildman–Crippen LogP) is 1.24. The first-order chi connectivity index (χ1) is 28.9. The number of aliphatic hydroxyl groups excluding tert-OH is 8. The summed E-state index contributed by atoms with van der Waals surface area (Å²) < 4.78 is 50.1. The van der Waals surface area contributed by atoms with Gasteiger partial charge in [-0.1, -0.05) is 39.3 Å². The highest BCUT2D eigenvalue weighted by atomic mass is 16.8. The predicted molar refractivity (Wildman–Crippen MR) is 213 cm³/mol. The zero-order valence-corrected chi connectivity index (χ0v) is 36.5. The number of hydrogen-bond acceptors (Lipinski definition) is 16. The summed E-state index contributed by atoms with van der Waals surface area (Å²) in [5, 5.41) is 85.9. The van der Waals surface area contributed by atoms with Gasteiger partial charge in [-0.2, -0.15) is 0 Å². The molecular formula is C45H72O16. The van der Waals surface area contributed by atoms with Crippen LogP contribution in [-0.2, 0) is 37.9 Å². The molecule has 9 rings (SSSR count). The average molecular weight is 869 g/mol. The van der Waals surface area contributed by atoms with Crippen LogP contribution < -0.4 is 0 Å². The van der Waals surface area contributed by atoms with Crippen LogP contribution in [0.3, 0.4) is 0 Å². The molecule has 8 N–H and O–H groups in total. The van der Waals surface area contributed by atoms with Gasteiger partial charge in [0.25, 0.3) is 0 Å². The third-order valence-electron chi connectivity index (χ3n) is 17.6. The van der Waals surface area contributed by atoms with E-state index >= 15 is 0 Å². The topological polar surface area (TPSA) is 236 Å². The number of fused-ring (bicyclic) bond motifs is 7. The second-order valence-corrected chi connectivity index (χ2v) is 21.1. The molecule has 0 aromatic heterocycles. The molecule has 4 aliphatic carbocycles. The standard InChI is InChI=1S/C45H72O16/c1-19-9-14-45(54-18-19)20(2)30-28(61-45)16-27-25-8-7-23-15-24(10-12-43(23,5)26(25)11-13-44(27,30)6)57-42-39(60-41-36(52)34(50)32(48)22(4)56-41)37(53)38(29(17-46)58-42)59-40-35(51)33(49)31(47)21(3)55-40/h7,19-22,24-42,46-53H,8-18H2,1-6H3/t19?,20?,21-,22-,24?,25?,26?,27?,28?,29+,30?,31-,32-,33+,34+,35+,36+,37-,38+,39+,40-,41-,42+,43?,44?,45?/m0/s1. The van der Waals surface area contributed by atoms with Crippen LogP contribution in [0.15, 0.2) is 11.6 Å². The van der Waals surface area contributed by atoms with Crippen molar-refractivity contribution in [3.05, 3.63) is 11.6 Å². The smallest absolute Gasteiger partial charge is 0.187 e. The van der Waals surface area contributed by atoms with E-state index in [1.165, 1.54) is 25.8 Å². The maximum atomic E-state index is 12.0. The van der Waals surface area contributed by atoms with Crippen molar-refractivity contribution in [3.63, 3.8) is 0 Å². The maximum absolute atomic E-state index is 12.0. The molecule has 61 heavy (non-hydrogen) atoms. The summed E-state index contributed by atoms with van der Waals surface area (Å²) in [7, 11) is 0. The molecule has 0 bridgehead atoms. The Morgan fingerprint density at radius 3 is 1.97 bits per heavy atom. The van der Waals surface area contributed by atoms with Gasteiger partial charge in [0.05, 0.1) is 37.6 Å². The fourth-order valence-electron chi connectivity index (χ4n) is 14.0. The number of aliphatic hydroxyl groups is 8. The average Bonchev–Trinajstić information content (AvgIpc) is 3.69. The fraction of sp³-hybridized carbons (Fsp3) is 0.956. The lowest BCUT2D eigenvalue weighted by Gasteiger charge is -2.58. The summed E-state index contributed by atoms with van der Waals surface area (Å²) in [4.78, 5) is 0. The number of hydrogen-bond donors (Lipinski definition) is 8. The summed E-state index contributed by atoms with van der Waals surface area (Å²) >= 11 is 0. The summed E-state index contributed by atoms with van der Waals surface area (Å²) in [5.74, 6) is 2.64. The number of allylic oxidation sites excluding steroid dienone is 1. The molecule has 3 saturated carbocycles. The van der Waals surface area contributed by atoms with Gasteiger partial charge in [0.1, 0.15) is 61.0 Å². The van der Waals surface area contributed by atoms with Crippen LogP contribution in [-0.4, -0.2) is 164 Å². The Kier molecular flexibility index (Phi) is 12.4. The van der Waals surface area contributed by atoms with Crippen LogP contribution in [0.2, 0.25) is 0 Å². The van der Waals surface area contributed by atoms with Crippen LogP contribution in [0.1, 0.15) is 99.3 Å². The van der Waals surface area contributed by atoms with E-state index in [9.17, 15) is 40.9 Å². The highest BCUT2D eigenvalue weighted by molar-refractivity contribution is 5.26. The fourth-order valence-corrected chi connectivity index (χ4v) is 14.0. The molecular weight excluding hydrogens is 796 g/mol. The molecule has 9 aliphatic rings. The van der Waals surface area contributed by atoms with Gasteiger partial charge >= 0.3 is 0 Å². The SMILES string of the molecule is CC1CCC2(OC1)OC1CC3C4CC=C5CC(O[C@@H]6O[C@H](CO)[C@@H](O[C@@H]7O[C@@H](C)[C@H](O)[C@@H](O)[C@H]7O)[C@H](O)[C@H]6O[C@@H]6O[C@@H](C)[C@H](O)[C@@H](O)[C@H]6O)CCC5(C)C4CCC3(C)C1C2C. The van der Waals surface area contributed by atoms with Crippen molar-refractivity contribution < 1.29 is 78.7 Å². The van der Waals surface area contributed by atoms with Crippen LogP contribution in [0.4, 0.5) is 0 Å². The number of ether oxygens (including phenoxy) is 8. The lowest BCUT2D eigenvalue weighted by Crippen LogP contribution is -2.66. The van der Waals surface area contributed by atoms with E-state index in [1.807, 2.05) is 0 Å². The van der Waals surface area contributed by atoms with Crippen LogP contribution >= 0.6 is 0 Å². The molecule has 16 nitrogen and oxygen atoms in total. The zero-order valence-electron chi connectivity index (χ0n) is 36.5. The Morgan fingerprint density at radius 1 is 0.689 bits per heavy atom. The molecule has 0 aromatic carbocycles. The third-order valence-corrected chi connectivity index (χ3v) is 17.6. The van der Waals surface area contributed by atoms with Gasteiger partial charge in [0.15, 0.2) is 24.7 Å². The Morgan fingerprint density at radius 2 is 1.34 bits per heavy atom. The Labute approximate surface area is 358 Å². The monoisotopic (exact) mass is 868 g/mol. The first kappa shape index (κ1) is 45.3. The van der Waals surface area contributed by atoms with E-state index in [0.29, 0.717) is 48.3 Å². The summed E-state index contributed by atoms with van der Waals surface area (Å²) in [5.41, 5.74) is 1.53. The molecule has 1 spiro atoms. The Hall–Kier alpha value is -0.900. The second kappa shape index (κ2) is 16.8. The van der Waals surface area contributed by atoms with Crippen molar-refractivity contribution in [2.45, 2.75) is 209 Å². The Bertz CT molecular complexity index is 1590. The first-order valence-corrected chi connectivity index (χ1v) is 23.2. The van der Waals surface area contributed by atoms with E-state index in [4.69, 9.17) is 37.9 Å². The van der Waals surface area contributed by atoms with E-state index in [1.54, 1.807) is 0 Å². The molecule has 5 saturated heterocycles. The number of rotatable bonds is 7. The second-order valence-electron chi connectivity index (χ2n) is 21.1. The van der Waals surface area contributed by atoms with Crippen LogP contribution in [0.5, 0.6) is 0 Å². The van der Waals surface area contributed by atoms with Crippen molar-refractivity contribution in [2.75, 3.05) is 13.2 Å². The quantitative estimate of drug-likeness (QED) is 0.168. The van der Waals surface area contributed by atoms with E-state index in [2.05, 4.69) is 33.8 Å². The van der Waals surface area contributed by atoms with Gasteiger partial charge in [-0.25, -0.2) is 0 Å². The van der Waals surface area contributed by atoms with Crippen molar-refractivity contribution in [3.8, 4) is 0 Å². The lowest BCUT2D eigenvalue weighted by molar-refractivity contribution is -0.388. The lowest BCUT2D eigenvalue weighted by atomic mass is 9.47. The van der Waals surface area contributed by atoms with E-state index < -0.39 is 105 Å². The summed E-state index contributed by atoms with van der Waals surface area (Å²) in [6.07, 6.45) is -10.4. The van der Waals surface area contributed by atoms with Crippen molar-refractivity contribution in [2.24, 2.45) is 46.3 Å². The molecule has 348 valence electrons. The van der Waals surface area contributed by atoms with Crippen molar-refractivity contribution in [1.82, 2.24) is 0 Å². The van der Waals surface area contributed by atoms with Crippen LogP contribution in [0.25, 0.3) is 0 Å². The summed E-state index contributed by atoms with van der Waals surface area (Å²) in [6.45, 7) is 12.7. The summed E-state index contributed by atoms with van der Waals surface area (Å²) in [6, 6.07) is 0. The van der Waals surface area contributed by atoms with Crippen molar-refractivity contribution in [1.29, 1.82) is 0 Å². The molecule has 5 heterocycles. The highest BCUT2D eigenvalue weighted by Gasteiger charge is 2.69. The molecule has 0 amide bonds. The zero-order chi connectivity index (χ0) is 43.5. The van der Waals surface area contributed by atoms with E-state index in [-0.39, 0.29) is 23.0 Å². The maximum Gasteiger partial charge on any atom is 0.187 e. The third kappa shape index (κ3) is 7.42. The molecule has 11 unspecified atom stereocenters. The highest BCUT2D eigenvalue weighted by Crippen LogP contribution is 2.70. The molecule has 26 atom stereocenters. The molecule has 8 fully saturated rings. The normalized spacial score (nSPS) is 58.4. The molecule has 0 aromatic rings. The van der Waals surface area contributed by atoms with Crippen molar-refractivity contribution >= 4 is 0 Å². The van der Waals surface area contributed by atoms with Crippen LogP contribution in [0, 0.1) is 46.3 Å². The minimum absolute atomic E-state index is 0.0171. The van der Waals surface area contributed by atoms with Gasteiger partial charge in [0, 0.05) is 12.3 Å². The molecule has 5 aliphatic heterocycles. The van der Waals surface area contributed by atoms with Gasteiger partial charge in [-0.3, -0.25) is 0 Å². The van der Waals surface area contributed by atoms with Gasteiger partial charge < -0.3 is 78.7 Å². The minimum Gasteiger partial charge on any atom is -0.394 e. The Balaban J connectivity index is 0.916. The minimum atomic E-state index is -1.71. The first-order valence-electron chi connectivity index (χ1n) is 23.2. The van der Waals surface area contributed by atoms with Gasteiger partial charge in [0.2, 0.25) is 0 Å². The molecule has 0 radical (unpaired) electrons. The van der Waals surface area contributed by atoms with E-state index in [0.717, 1.165) is 45.1 Å².